The molecule has 1 N–H and O–H groups in total. The van der Waals surface area contributed by atoms with E-state index in [1.807, 2.05) is 6.07 Å². The van der Waals surface area contributed by atoms with Gasteiger partial charge in [-0.25, -0.2) is 0 Å². The second-order valence-electron chi connectivity index (χ2n) is 6.66. The fourth-order valence-electron chi connectivity index (χ4n) is 2.91. The number of carbonyl (C=O) groups is 2. The number of anilines is 1. The quantitative estimate of drug-likeness (QED) is 0.514. The van der Waals surface area contributed by atoms with Crippen LogP contribution in [-0.4, -0.2) is 33.3 Å². The van der Waals surface area contributed by atoms with Crippen molar-refractivity contribution in [3.63, 3.8) is 0 Å². The van der Waals surface area contributed by atoms with E-state index in [1.165, 1.54) is 19.2 Å². The second-order valence-corrected chi connectivity index (χ2v) is 9.48. The Morgan fingerprint density at radius 2 is 1.71 bits per heavy atom. The first kappa shape index (κ1) is 22.6. The Balaban J connectivity index is 1.75. The normalized spacial score (nSPS) is 11.5. The Kier molecular flexibility index (Phi) is 7.18. The molecule has 3 aromatic carbocycles. The summed E-state index contributed by atoms with van der Waals surface area (Å²) < 4.78 is 44.4. The minimum atomic E-state index is -4.46. The molecule has 3 rings (SSSR count). The number of halogens is 3. The monoisotopic (exact) mass is 489 g/mol. The zero-order chi connectivity index (χ0) is 22.4. The van der Waals surface area contributed by atoms with Gasteiger partial charge in [-0.2, -0.15) is 0 Å². The molecule has 0 spiro atoms. The molecule has 1 unspecified atom stereocenters. The van der Waals surface area contributed by atoms with Crippen LogP contribution in [0.15, 0.2) is 72.8 Å². The second kappa shape index (κ2) is 9.84. The van der Waals surface area contributed by atoms with Crippen molar-refractivity contribution in [1.29, 1.82) is 0 Å². The van der Waals surface area contributed by atoms with Gasteiger partial charge in [0.05, 0.1) is 0 Å². The number of methoxy groups -OCH3 is 1. The van der Waals surface area contributed by atoms with Crippen LogP contribution in [0.2, 0.25) is 0 Å². The summed E-state index contributed by atoms with van der Waals surface area (Å²) in [7, 11) is 1.46. The van der Waals surface area contributed by atoms with Gasteiger partial charge in [-0.05, 0) is 0 Å². The van der Waals surface area contributed by atoms with Crippen molar-refractivity contribution in [3.05, 3.63) is 89.5 Å². The van der Waals surface area contributed by atoms with Crippen LogP contribution in [0.4, 0.5) is 18.9 Å². The average Bonchev–Trinajstić information content (AvgIpc) is 2.74. The van der Waals surface area contributed by atoms with Gasteiger partial charge in [0.25, 0.3) is 0 Å². The molecule has 0 aliphatic rings. The number of carbonyl (C=O) groups excluding carboxylic acids is 2. The molecule has 0 aromatic heterocycles. The van der Waals surface area contributed by atoms with Crippen molar-refractivity contribution in [2.75, 3.05) is 12.4 Å². The maximum absolute atomic E-state index is 12.9. The molecule has 1 atom stereocenters. The molecule has 0 aliphatic carbocycles. The molecule has 8 heteroatoms. The van der Waals surface area contributed by atoms with E-state index in [9.17, 15) is 22.8 Å². The molecule has 0 aliphatic heterocycles. The van der Waals surface area contributed by atoms with Crippen molar-refractivity contribution in [2.45, 2.75) is 12.6 Å². The van der Waals surface area contributed by atoms with Crippen molar-refractivity contribution in [2.24, 2.45) is 0 Å². The molecule has 31 heavy (non-hydrogen) atoms. The van der Waals surface area contributed by atoms with Crippen molar-refractivity contribution < 1.29 is 27.5 Å². The van der Waals surface area contributed by atoms with Gasteiger partial charge in [0, 0.05) is 0 Å². The summed E-state index contributed by atoms with van der Waals surface area (Å²) in [5.41, 5.74) is 0.535. The Hall–Kier alpha value is -3.05. The van der Waals surface area contributed by atoms with Gasteiger partial charge in [0.15, 0.2) is 0 Å². The van der Waals surface area contributed by atoms with Gasteiger partial charge >= 0.3 is 184 Å². The molecule has 0 saturated heterocycles. The molecule has 160 valence electrons. The Morgan fingerprint density at radius 1 is 0.968 bits per heavy atom. The summed E-state index contributed by atoms with van der Waals surface area (Å²) >= 11 is -1.42. The third-order valence-electron chi connectivity index (χ3n) is 4.39. The van der Waals surface area contributed by atoms with Crippen molar-refractivity contribution >= 4 is 36.3 Å². The van der Waals surface area contributed by atoms with Gasteiger partial charge in [0.1, 0.15) is 0 Å². The van der Waals surface area contributed by atoms with Gasteiger partial charge in [-0.15, -0.1) is 0 Å². The van der Waals surface area contributed by atoms with E-state index in [4.69, 9.17) is 4.74 Å². The number of hydrogen-bond acceptors (Lipinski definition) is 3. The molecule has 0 radical (unpaired) electrons. The summed E-state index contributed by atoms with van der Waals surface area (Å²) in [6.07, 6.45) is -4.56. The van der Waals surface area contributed by atoms with E-state index in [1.54, 1.807) is 42.5 Å². The first-order valence-corrected chi connectivity index (χ1v) is 11.4. The SMILES string of the molecule is COc1ccc(C(=O)Nc2ccccc2)cc1[AsH]C(=O)Cc1cccc(C(F)(F)F)c1. The molecule has 0 bridgehead atoms. The Labute approximate surface area is 184 Å². The number of rotatable bonds is 7. The minimum absolute atomic E-state index is 0.104. The fourth-order valence-corrected chi connectivity index (χ4v) is 5.28. The Bertz CT molecular complexity index is 1080. The van der Waals surface area contributed by atoms with Crippen LogP contribution in [-0.2, 0) is 17.4 Å². The molecule has 0 heterocycles. The number of ether oxygens (including phenoxy) is 1. The van der Waals surface area contributed by atoms with Crippen molar-refractivity contribution in [3.8, 4) is 5.75 Å². The fraction of sp³-hybridized carbons (Fsp3) is 0.130. The number of para-hydroxylation sites is 1. The van der Waals surface area contributed by atoms with Gasteiger partial charge in [-0.3, -0.25) is 0 Å². The van der Waals surface area contributed by atoms with E-state index in [-0.39, 0.29) is 16.9 Å². The van der Waals surface area contributed by atoms with Crippen molar-refractivity contribution in [1.82, 2.24) is 0 Å². The third-order valence-corrected chi connectivity index (χ3v) is 6.73. The number of alkyl halides is 3. The average molecular weight is 489 g/mol. The summed E-state index contributed by atoms with van der Waals surface area (Å²) in [4.78, 5) is 25.1. The molecular formula is C23H19AsF3NO3. The van der Waals surface area contributed by atoms with Crippen LogP contribution in [0.25, 0.3) is 0 Å². The predicted octanol–water partition coefficient (Wildman–Crippen LogP) is 3.80. The first-order valence-electron chi connectivity index (χ1n) is 9.26. The van der Waals surface area contributed by atoms with E-state index in [2.05, 4.69) is 5.32 Å². The van der Waals surface area contributed by atoms with E-state index >= 15 is 0 Å². The van der Waals surface area contributed by atoms with Gasteiger partial charge < -0.3 is 0 Å². The molecule has 0 fully saturated rings. The van der Waals surface area contributed by atoms with Crippen LogP contribution >= 0.6 is 0 Å². The molecule has 0 saturated carbocycles. The van der Waals surface area contributed by atoms with Gasteiger partial charge in [0.2, 0.25) is 0 Å². The predicted molar refractivity (Wildman–Crippen MR) is 114 cm³/mol. The van der Waals surface area contributed by atoms with Crippen LogP contribution in [0, 0.1) is 0 Å². The Morgan fingerprint density at radius 3 is 2.39 bits per heavy atom. The topological polar surface area (TPSA) is 55.4 Å². The third kappa shape index (κ3) is 6.22. The number of hydrogen-bond donors (Lipinski definition) is 1. The zero-order valence-corrected chi connectivity index (χ0v) is 18.6. The van der Waals surface area contributed by atoms with E-state index in [0.29, 0.717) is 26.9 Å². The summed E-state index contributed by atoms with van der Waals surface area (Å²) in [5.74, 6) is 0.153. The molecule has 3 aromatic rings. The number of nitrogens with one attached hydrogen (secondary N) is 1. The molecular weight excluding hydrogens is 470 g/mol. The molecule has 1 amide bonds. The van der Waals surface area contributed by atoms with Crippen LogP contribution in [0.1, 0.15) is 21.5 Å². The molecule has 4 nitrogen and oxygen atoms in total. The standard InChI is InChI=1S/C23H19AsF3NO3/c1-31-20-11-10-16(22(30)28-18-8-3-2-4-9-18)14-19(20)24-21(29)13-15-6-5-7-17(12-15)23(25,26)27/h2-12,14,24H,13H2,1H3,(H,28,30). The zero-order valence-electron chi connectivity index (χ0n) is 16.5. The van der Waals surface area contributed by atoms with E-state index in [0.717, 1.165) is 12.1 Å². The summed E-state index contributed by atoms with van der Waals surface area (Å²) in [5, 5.41) is 2.78. The van der Waals surface area contributed by atoms with Crippen LogP contribution in [0.5, 0.6) is 5.75 Å². The summed E-state index contributed by atoms with van der Waals surface area (Å²) in [6.45, 7) is 0. The van der Waals surface area contributed by atoms with E-state index < -0.39 is 27.5 Å². The maximum atomic E-state index is 12.9. The van der Waals surface area contributed by atoms with Gasteiger partial charge in [-0.1, -0.05) is 0 Å². The summed E-state index contributed by atoms with van der Waals surface area (Å²) in [6, 6.07) is 18.5. The van der Waals surface area contributed by atoms with Crippen LogP contribution in [0.3, 0.4) is 0 Å². The number of amides is 1. The van der Waals surface area contributed by atoms with Crippen LogP contribution < -0.4 is 14.4 Å². The number of benzene rings is 3. The first-order chi connectivity index (χ1) is 14.8.